The minimum atomic E-state index is -0.174. The maximum atomic E-state index is 13.0. The van der Waals surface area contributed by atoms with E-state index in [0.29, 0.717) is 22.1 Å². The van der Waals surface area contributed by atoms with Crippen molar-refractivity contribution in [3.8, 4) is 11.5 Å². The van der Waals surface area contributed by atoms with E-state index in [1.54, 1.807) is 25.3 Å². The molecule has 5 heteroatoms. The summed E-state index contributed by atoms with van der Waals surface area (Å²) in [6, 6.07) is 11.3. The predicted molar refractivity (Wildman–Crippen MR) is 109 cm³/mol. The molecule has 0 aromatic heterocycles. The molecule has 1 aliphatic carbocycles. The Kier molecular flexibility index (Phi) is 5.20. The first kappa shape index (κ1) is 19.3. The first-order valence-electron chi connectivity index (χ1n) is 8.78. The van der Waals surface area contributed by atoms with Crippen LogP contribution < -0.4 is 14.8 Å². The summed E-state index contributed by atoms with van der Waals surface area (Å²) >= 11 is 5.99. The van der Waals surface area contributed by atoms with Gasteiger partial charge in [-0.05, 0) is 29.2 Å². The molecule has 0 aliphatic heterocycles. The molecular weight excluding hydrogens is 362 g/mol. The number of methoxy groups -OCH3 is 2. The number of carbonyl (C=O) groups excluding carboxylic acids is 1. The molecule has 1 saturated carbocycles. The number of rotatable bonds is 6. The van der Waals surface area contributed by atoms with Crippen molar-refractivity contribution < 1.29 is 14.3 Å². The van der Waals surface area contributed by atoms with Crippen LogP contribution in [-0.2, 0) is 0 Å². The van der Waals surface area contributed by atoms with Crippen molar-refractivity contribution in [1.29, 1.82) is 0 Å². The van der Waals surface area contributed by atoms with Gasteiger partial charge in [-0.2, -0.15) is 0 Å². The molecule has 27 heavy (non-hydrogen) atoms. The average molecular weight is 386 g/mol. The van der Waals surface area contributed by atoms with E-state index in [0.717, 1.165) is 5.56 Å². The normalized spacial score (nSPS) is 19.9. The monoisotopic (exact) mass is 385 g/mol. The molecule has 1 aliphatic rings. The van der Waals surface area contributed by atoms with Crippen molar-refractivity contribution in [3.63, 3.8) is 0 Å². The van der Waals surface area contributed by atoms with Crippen LogP contribution in [0, 0.1) is 5.41 Å². The van der Waals surface area contributed by atoms with Crippen LogP contribution in [0.15, 0.2) is 43.0 Å². The van der Waals surface area contributed by atoms with Gasteiger partial charge in [-0.15, -0.1) is 0 Å². The zero-order valence-corrected chi connectivity index (χ0v) is 16.8. The largest absolute Gasteiger partial charge is 0.496 e. The lowest BCUT2D eigenvalue weighted by molar-refractivity contribution is 0.0943. The first-order chi connectivity index (χ1) is 12.8. The molecule has 1 N–H and O–H groups in total. The Morgan fingerprint density at radius 2 is 1.78 bits per heavy atom. The Balaban J connectivity index is 1.85. The van der Waals surface area contributed by atoms with Crippen molar-refractivity contribution in [2.24, 2.45) is 5.41 Å². The minimum Gasteiger partial charge on any atom is -0.496 e. The molecule has 2 atom stereocenters. The van der Waals surface area contributed by atoms with Crippen LogP contribution in [-0.4, -0.2) is 26.2 Å². The second kappa shape index (κ2) is 7.28. The number of hydrogen-bond donors (Lipinski definition) is 1. The van der Waals surface area contributed by atoms with Gasteiger partial charge in [-0.1, -0.05) is 50.2 Å². The molecule has 0 spiro atoms. The Morgan fingerprint density at radius 1 is 1.15 bits per heavy atom. The van der Waals surface area contributed by atoms with Crippen molar-refractivity contribution in [2.75, 3.05) is 14.2 Å². The molecule has 0 heterocycles. The number of carbonyl (C=O) groups is 1. The summed E-state index contributed by atoms with van der Waals surface area (Å²) in [5.41, 5.74) is 2.34. The molecular formula is C22H24ClNO3. The SMILES string of the molecule is C=Cc1cc(C(=O)N[C@@H]2[C@@H](c3ccc(Cl)cc3)C2(C)C)c(OC)cc1OC. The van der Waals surface area contributed by atoms with E-state index < -0.39 is 0 Å². The lowest BCUT2D eigenvalue weighted by Crippen LogP contribution is -2.29. The van der Waals surface area contributed by atoms with Crippen LogP contribution in [0.25, 0.3) is 6.08 Å². The molecule has 1 fully saturated rings. The zero-order valence-electron chi connectivity index (χ0n) is 16.0. The third kappa shape index (κ3) is 3.54. The highest BCUT2D eigenvalue weighted by Crippen LogP contribution is 2.58. The van der Waals surface area contributed by atoms with E-state index in [2.05, 4.69) is 25.7 Å². The summed E-state index contributed by atoms with van der Waals surface area (Å²) in [4.78, 5) is 13.0. The molecule has 142 valence electrons. The fourth-order valence-corrected chi connectivity index (χ4v) is 3.80. The second-order valence-corrected chi connectivity index (χ2v) is 7.74. The summed E-state index contributed by atoms with van der Waals surface area (Å²) in [6.45, 7) is 8.09. The highest BCUT2D eigenvalue weighted by Gasteiger charge is 2.59. The minimum absolute atomic E-state index is 0.0326. The number of halogens is 1. The third-order valence-electron chi connectivity index (χ3n) is 5.36. The zero-order chi connectivity index (χ0) is 19.8. The van der Waals surface area contributed by atoms with Gasteiger partial charge in [0.05, 0.1) is 19.8 Å². The Labute approximate surface area is 165 Å². The topological polar surface area (TPSA) is 47.6 Å². The van der Waals surface area contributed by atoms with Gasteiger partial charge in [0, 0.05) is 28.6 Å². The fourth-order valence-electron chi connectivity index (χ4n) is 3.68. The smallest absolute Gasteiger partial charge is 0.255 e. The van der Waals surface area contributed by atoms with Crippen molar-refractivity contribution >= 4 is 23.6 Å². The molecule has 0 bridgehead atoms. The van der Waals surface area contributed by atoms with Crippen LogP contribution in [0.1, 0.15) is 41.3 Å². The molecule has 0 saturated heterocycles. The van der Waals surface area contributed by atoms with E-state index in [-0.39, 0.29) is 23.3 Å². The number of benzene rings is 2. The number of amides is 1. The first-order valence-corrected chi connectivity index (χ1v) is 9.16. The van der Waals surface area contributed by atoms with Crippen molar-refractivity contribution in [3.05, 3.63) is 64.7 Å². The second-order valence-electron chi connectivity index (χ2n) is 7.30. The van der Waals surface area contributed by atoms with Gasteiger partial charge in [0.25, 0.3) is 5.91 Å². The van der Waals surface area contributed by atoms with E-state index in [4.69, 9.17) is 21.1 Å². The van der Waals surface area contributed by atoms with Crippen LogP contribution in [0.5, 0.6) is 11.5 Å². The average Bonchev–Trinajstić information content (AvgIpc) is 3.20. The quantitative estimate of drug-likeness (QED) is 0.767. The molecule has 4 nitrogen and oxygen atoms in total. The highest BCUT2D eigenvalue weighted by molar-refractivity contribution is 6.30. The molecule has 3 rings (SSSR count). The van der Waals surface area contributed by atoms with Crippen molar-refractivity contribution in [1.82, 2.24) is 5.32 Å². The Hall–Kier alpha value is -2.46. The van der Waals surface area contributed by atoms with Crippen molar-refractivity contribution in [2.45, 2.75) is 25.8 Å². The van der Waals surface area contributed by atoms with E-state index in [9.17, 15) is 4.79 Å². The summed E-state index contributed by atoms with van der Waals surface area (Å²) in [7, 11) is 3.11. The van der Waals surface area contributed by atoms with Crippen LogP contribution in [0.4, 0.5) is 0 Å². The van der Waals surface area contributed by atoms with Crippen LogP contribution in [0.2, 0.25) is 5.02 Å². The van der Waals surface area contributed by atoms with E-state index >= 15 is 0 Å². The highest BCUT2D eigenvalue weighted by atomic mass is 35.5. The van der Waals surface area contributed by atoms with Gasteiger partial charge in [-0.3, -0.25) is 4.79 Å². The maximum absolute atomic E-state index is 13.0. The van der Waals surface area contributed by atoms with Gasteiger partial charge < -0.3 is 14.8 Å². The maximum Gasteiger partial charge on any atom is 0.255 e. The molecule has 2 aromatic carbocycles. The lowest BCUT2D eigenvalue weighted by Gasteiger charge is -2.14. The summed E-state index contributed by atoms with van der Waals surface area (Å²) < 4.78 is 10.7. The molecule has 1 amide bonds. The van der Waals surface area contributed by atoms with Crippen LogP contribution in [0.3, 0.4) is 0 Å². The third-order valence-corrected chi connectivity index (χ3v) is 5.61. The molecule has 0 unspecified atom stereocenters. The predicted octanol–water partition coefficient (Wildman–Crippen LogP) is 4.92. The number of ether oxygens (including phenoxy) is 2. The Bertz CT molecular complexity index is 874. The standard InChI is InChI=1S/C22H24ClNO3/c1-6-13-11-16(18(27-5)12-17(13)26-4)21(25)24-20-19(22(20,2)3)14-7-9-15(23)10-8-14/h6-12,19-20H,1H2,2-5H3,(H,24,25)/t19-,20-/m1/s1. The van der Waals surface area contributed by atoms with E-state index in [1.807, 2.05) is 24.3 Å². The fraction of sp³-hybridized carbons (Fsp3) is 0.318. The van der Waals surface area contributed by atoms with Gasteiger partial charge in [0.15, 0.2) is 0 Å². The van der Waals surface area contributed by atoms with Gasteiger partial charge >= 0.3 is 0 Å². The van der Waals surface area contributed by atoms with E-state index in [1.165, 1.54) is 12.7 Å². The van der Waals surface area contributed by atoms with Gasteiger partial charge in [0.1, 0.15) is 11.5 Å². The summed E-state index contributed by atoms with van der Waals surface area (Å²) in [5, 5.41) is 3.87. The van der Waals surface area contributed by atoms with Gasteiger partial charge in [-0.25, -0.2) is 0 Å². The summed E-state index contributed by atoms with van der Waals surface area (Å²) in [6.07, 6.45) is 1.66. The van der Waals surface area contributed by atoms with Gasteiger partial charge in [0.2, 0.25) is 0 Å². The summed E-state index contributed by atoms with van der Waals surface area (Å²) in [5.74, 6) is 1.15. The number of hydrogen-bond acceptors (Lipinski definition) is 3. The Morgan fingerprint density at radius 3 is 2.33 bits per heavy atom. The van der Waals surface area contributed by atoms with Crippen LogP contribution >= 0.6 is 11.6 Å². The lowest BCUT2D eigenvalue weighted by atomic mass is 10.0. The molecule has 0 radical (unpaired) electrons. The molecule has 2 aromatic rings. The number of nitrogens with one attached hydrogen (secondary N) is 1.